The standard InChI is InChI=1S/C17H12N2O2S/c1-20-11-6-7-12-15(8-11)21-17(9-16(12)22)19-10-18-13-4-2-3-5-14(13)19/h2-10H,1H3. The van der Waals surface area contributed by atoms with E-state index in [1.165, 1.54) is 0 Å². The summed E-state index contributed by atoms with van der Waals surface area (Å²) in [5.41, 5.74) is 2.58. The maximum atomic E-state index is 6.01. The molecule has 4 rings (SSSR count). The van der Waals surface area contributed by atoms with Gasteiger partial charge in [-0.05, 0) is 24.3 Å². The Labute approximate surface area is 131 Å². The lowest BCUT2D eigenvalue weighted by atomic mass is 10.2. The molecule has 0 radical (unpaired) electrons. The van der Waals surface area contributed by atoms with Crippen molar-refractivity contribution in [3.8, 4) is 11.6 Å². The van der Waals surface area contributed by atoms with Crippen LogP contribution < -0.4 is 4.74 Å². The van der Waals surface area contributed by atoms with E-state index in [1.54, 1.807) is 13.4 Å². The molecular formula is C17H12N2O2S. The van der Waals surface area contributed by atoms with Gasteiger partial charge in [0.05, 0.1) is 22.7 Å². The van der Waals surface area contributed by atoms with Crippen LogP contribution >= 0.6 is 12.2 Å². The number of nitrogens with zero attached hydrogens (tertiary/aromatic N) is 2. The Kier molecular flexibility index (Phi) is 2.94. The molecule has 0 unspecified atom stereocenters. The van der Waals surface area contributed by atoms with Gasteiger partial charge in [-0.2, -0.15) is 0 Å². The molecule has 0 saturated carbocycles. The topological polar surface area (TPSA) is 40.2 Å². The first-order valence-electron chi connectivity index (χ1n) is 6.80. The molecule has 0 aliphatic rings. The van der Waals surface area contributed by atoms with Crippen molar-refractivity contribution in [3.63, 3.8) is 0 Å². The van der Waals surface area contributed by atoms with Gasteiger partial charge in [-0.25, -0.2) is 4.98 Å². The summed E-state index contributed by atoms with van der Waals surface area (Å²) < 4.78 is 13.9. The summed E-state index contributed by atoms with van der Waals surface area (Å²) in [5.74, 6) is 1.37. The average Bonchev–Trinajstić information content (AvgIpc) is 2.98. The van der Waals surface area contributed by atoms with E-state index in [0.717, 1.165) is 26.7 Å². The van der Waals surface area contributed by atoms with Crippen LogP contribution in [0.1, 0.15) is 0 Å². The molecule has 108 valence electrons. The van der Waals surface area contributed by atoms with Gasteiger partial charge in [-0.15, -0.1) is 0 Å². The van der Waals surface area contributed by atoms with Gasteiger partial charge in [-0.3, -0.25) is 4.57 Å². The molecule has 4 aromatic rings. The van der Waals surface area contributed by atoms with Crippen molar-refractivity contribution >= 4 is 34.2 Å². The normalized spacial score (nSPS) is 11.1. The summed E-state index contributed by atoms with van der Waals surface area (Å²) in [7, 11) is 1.63. The quantitative estimate of drug-likeness (QED) is 0.511. The smallest absolute Gasteiger partial charge is 0.207 e. The molecule has 2 heterocycles. The van der Waals surface area contributed by atoms with Gasteiger partial charge in [-0.1, -0.05) is 24.4 Å². The van der Waals surface area contributed by atoms with Crippen LogP contribution in [-0.2, 0) is 0 Å². The van der Waals surface area contributed by atoms with Crippen LogP contribution in [0.3, 0.4) is 0 Å². The molecule has 4 nitrogen and oxygen atoms in total. The van der Waals surface area contributed by atoms with Gasteiger partial charge in [0.15, 0.2) is 0 Å². The summed E-state index contributed by atoms with van der Waals surface area (Å²) in [5, 5.41) is 0.893. The lowest BCUT2D eigenvalue weighted by Gasteiger charge is -2.07. The lowest BCUT2D eigenvalue weighted by molar-refractivity contribution is 0.414. The van der Waals surface area contributed by atoms with Crippen LogP contribution in [0.4, 0.5) is 0 Å². The minimum Gasteiger partial charge on any atom is -0.497 e. The van der Waals surface area contributed by atoms with E-state index in [2.05, 4.69) is 4.98 Å². The monoisotopic (exact) mass is 308 g/mol. The zero-order valence-electron chi connectivity index (χ0n) is 11.8. The second-order valence-electron chi connectivity index (χ2n) is 4.91. The van der Waals surface area contributed by atoms with Gasteiger partial charge >= 0.3 is 0 Å². The number of benzene rings is 2. The Morgan fingerprint density at radius 3 is 2.86 bits per heavy atom. The number of hydrogen-bond donors (Lipinski definition) is 0. The number of ether oxygens (including phenoxy) is 1. The van der Waals surface area contributed by atoms with Crippen LogP contribution in [-0.4, -0.2) is 16.7 Å². The molecular weight excluding hydrogens is 296 g/mol. The number of fused-ring (bicyclic) bond motifs is 2. The Hall–Kier alpha value is -2.66. The second kappa shape index (κ2) is 4.96. The fraction of sp³-hybridized carbons (Fsp3) is 0.0588. The van der Waals surface area contributed by atoms with E-state index in [1.807, 2.05) is 53.1 Å². The summed E-state index contributed by atoms with van der Waals surface area (Å²) >= 11 is 5.48. The van der Waals surface area contributed by atoms with E-state index in [-0.39, 0.29) is 0 Å². The minimum atomic E-state index is 0.638. The fourth-order valence-electron chi connectivity index (χ4n) is 2.50. The van der Waals surface area contributed by atoms with Gasteiger partial charge in [0.25, 0.3) is 0 Å². The zero-order chi connectivity index (χ0) is 15.1. The predicted molar refractivity (Wildman–Crippen MR) is 88.2 cm³/mol. The number of para-hydroxylation sites is 2. The van der Waals surface area contributed by atoms with E-state index < -0.39 is 0 Å². The van der Waals surface area contributed by atoms with E-state index in [9.17, 15) is 0 Å². The zero-order valence-corrected chi connectivity index (χ0v) is 12.6. The molecule has 5 heteroatoms. The van der Waals surface area contributed by atoms with Crippen molar-refractivity contribution in [1.29, 1.82) is 0 Å². The van der Waals surface area contributed by atoms with Gasteiger partial charge in [0.1, 0.15) is 17.7 Å². The molecule has 22 heavy (non-hydrogen) atoms. The summed E-state index contributed by atoms with van der Waals surface area (Å²) in [4.78, 5) is 4.38. The Bertz CT molecular complexity index is 1050. The average molecular weight is 308 g/mol. The van der Waals surface area contributed by atoms with Crippen LogP contribution in [0.15, 0.2) is 59.3 Å². The highest BCUT2D eigenvalue weighted by Gasteiger charge is 2.09. The number of methoxy groups -OCH3 is 1. The van der Waals surface area contributed by atoms with Crippen molar-refractivity contribution < 1.29 is 9.15 Å². The maximum Gasteiger partial charge on any atom is 0.207 e. The highest BCUT2D eigenvalue weighted by atomic mass is 32.1. The van der Waals surface area contributed by atoms with Crippen LogP contribution in [0.5, 0.6) is 5.75 Å². The van der Waals surface area contributed by atoms with Crippen LogP contribution in [0, 0.1) is 4.51 Å². The predicted octanol–water partition coefficient (Wildman–Crippen LogP) is 4.51. The van der Waals surface area contributed by atoms with Crippen LogP contribution in [0.2, 0.25) is 0 Å². The lowest BCUT2D eigenvalue weighted by Crippen LogP contribution is -1.92. The fourth-order valence-corrected chi connectivity index (χ4v) is 2.77. The molecule has 0 amide bonds. The number of hydrogen-bond acceptors (Lipinski definition) is 4. The SMILES string of the molecule is COc1ccc2c(=S)cc(-n3cnc4ccccc43)oc2c1. The van der Waals surface area contributed by atoms with Crippen molar-refractivity contribution in [2.24, 2.45) is 0 Å². The molecule has 0 N–H and O–H groups in total. The number of rotatable bonds is 2. The number of imidazole rings is 1. The Morgan fingerprint density at radius 1 is 1.14 bits per heavy atom. The highest BCUT2D eigenvalue weighted by molar-refractivity contribution is 7.71. The molecule has 0 spiro atoms. The molecule has 2 aromatic heterocycles. The third kappa shape index (κ3) is 1.98. The van der Waals surface area contributed by atoms with Crippen molar-refractivity contribution in [2.75, 3.05) is 7.11 Å². The minimum absolute atomic E-state index is 0.638. The van der Waals surface area contributed by atoms with Crippen LogP contribution in [0.25, 0.3) is 27.9 Å². The van der Waals surface area contributed by atoms with E-state index >= 15 is 0 Å². The second-order valence-corrected chi connectivity index (χ2v) is 5.35. The molecule has 0 fully saturated rings. The Morgan fingerprint density at radius 2 is 2.00 bits per heavy atom. The molecule has 2 aromatic carbocycles. The highest BCUT2D eigenvalue weighted by Crippen LogP contribution is 2.26. The molecule has 0 saturated heterocycles. The van der Waals surface area contributed by atoms with Crippen molar-refractivity contribution in [1.82, 2.24) is 9.55 Å². The summed E-state index contributed by atoms with van der Waals surface area (Å²) in [6, 6.07) is 15.4. The maximum absolute atomic E-state index is 6.01. The largest absolute Gasteiger partial charge is 0.497 e. The van der Waals surface area contributed by atoms with Crippen molar-refractivity contribution in [2.45, 2.75) is 0 Å². The molecule has 0 bridgehead atoms. The first-order valence-corrected chi connectivity index (χ1v) is 7.21. The summed E-state index contributed by atoms with van der Waals surface area (Å²) in [6.45, 7) is 0. The van der Waals surface area contributed by atoms with Crippen molar-refractivity contribution in [3.05, 3.63) is 59.4 Å². The molecule has 0 atom stereocenters. The van der Waals surface area contributed by atoms with Gasteiger partial charge in [0.2, 0.25) is 5.88 Å². The van der Waals surface area contributed by atoms with E-state index in [4.69, 9.17) is 21.4 Å². The number of aromatic nitrogens is 2. The molecule has 0 aliphatic carbocycles. The molecule has 0 aliphatic heterocycles. The van der Waals surface area contributed by atoms with E-state index in [0.29, 0.717) is 11.5 Å². The first-order chi connectivity index (χ1) is 10.8. The summed E-state index contributed by atoms with van der Waals surface area (Å²) in [6.07, 6.45) is 1.74. The third-order valence-electron chi connectivity index (χ3n) is 3.61. The Balaban J connectivity index is 2.01. The first kappa shape index (κ1) is 13.0. The third-order valence-corrected chi connectivity index (χ3v) is 3.95. The van der Waals surface area contributed by atoms with Gasteiger partial charge < -0.3 is 9.15 Å². The van der Waals surface area contributed by atoms with Gasteiger partial charge in [0, 0.05) is 17.5 Å².